The zero-order valence-corrected chi connectivity index (χ0v) is 13.4. The first-order chi connectivity index (χ1) is 12.1. The van der Waals surface area contributed by atoms with Gasteiger partial charge in [-0.25, -0.2) is 4.79 Å². The Morgan fingerprint density at radius 3 is 2.28 bits per heavy atom. The predicted octanol–water partition coefficient (Wildman–Crippen LogP) is 4.42. The second kappa shape index (κ2) is 5.56. The Balaban J connectivity index is 2.08. The minimum Gasteiger partial charge on any atom is -0.415 e. The molecule has 1 aliphatic rings. The summed E-state index contributed by atoms with van der Waals surface area (Å²) in [6.07, 6.45) is 0. The molecule has 0 unspecified atom stereocenters. The van der Waals surface area contributed by atoms with Crippen molar-refractivity contribution in [3.8, 4) is 0 Å². The molecule has 1 heterocycles. The van der Waals surface area contributed by atoms with Gasteiger partial charge in [0, 0.05) is 5.56 Å². The van der Waals surface area contributed by atoms with E-state index in [-0.39, 0.29) is 11.5 Å². The van der Waals surface area contributed by atoms with Gasteiger partial charge in [-0.2, -0.15) is 0 Å². The maximum atomic E-state index is 12.1. The van der Waals surface area contributed by atoms with Gasteiger partial charge in [0.15, 0.2) is 0 Å². The van der Waals surface area contributed by atoms with Crippen LogP contribution in [0.3, 0.4) is 0 Å². The van der Waals surface area contributed by atoms with Crippen molar-refractivity contribution in [1.82, 2.24) is 0 Å². The number of hydrogen-bond donors (Lipinski definition) is 0. The van der Waals surface area contributed by atoms with Crippen molar-refractivity contribution in [2.45, 2.75) is 6.92 Å². The number of benzene rings is 3. The standard InChI is InChI=1S/C20H13NO4/c1-12-10-11-15(14-7-3-2-6-13(12)14)18(21(23)24)19-16-8-4-5-9-17(16)20(22)25-19/h2-11H,1H3/b19-18+. The third-order valence-electron chi connectivity index (χ3n) is 4.38. The third-order valence-corrected chi connectivity index (χ3v) is 4.38. The fraction of sp³-hybridized carbons (Fsp3) is 0.0500. The summed E-state index contributed by atoms with van der Waals surface area (Å²) in [6.45, 7) is 1.95. The Kier molecular flexibility index (Phi) is 3.35. The van der Waals surface area contributed by atoms with Crippen LogP contribution in [-0.4, -0.2) is 10.9 Å². The molecule has 0 fully saturated rings. The van der Waals surface area contributed by atoms with Crippen molar-refractivity contribution in [3.05, 3.63) is 93.0 Å². The fourth-order valence-corrected chi connectivity index (χ4v) is 3.20. The lowest BCUT2D eigenvalue weighted by molar-refractivity contribution is -0.375. The molecule has 0 saturated heterocycles. The molecule has 1 aliphatic heterocycles. The van der Waals surface area contributed by atoms with E-state index in [0.29, 0.717) is 16.7 Å². The molecule has 0 bridgehead atoms. The highest BCUT2D eigenvalue weighted by Crippen LogP contribution is 2.38. The molecule has 0 radical (unpaired) electrons. The second-order valence-electron chi connectivity index (χ2n) is 5.85. The van der Waals surface area contributed by atoms with Crippen molar-refractivity contribution in [2.75, 3.05) is 0 Å². The van der Waals surface area contributed by atoms with Crippen LogP contribution in [0.5, 0.6) is 0 Å². The molecule has 0 aliphatic carbocycles. The van der Waals surface area contributed by atoms with Crippen LogP contribution in [0.15, 0.2) is 60.7 Å². The molecule has 0 N–H and O–H groups in total. The number of esters is 1. The molecule has 5 nitrogen and oxygen atoms in total. The van der Waals surface area contributed by atoms with E-state index in [9.17, 15) is 14.9 Å². The van der Waals surface area contributed by atoms with E-state index in [0.717, 1.165) is 16.3 Å². The molecule has 0 saturated carbocycles. The molecule has 0 atom stereocenters. The van der Waals surface area contributed by atoms with Crippen LogP contribution in [-0.2, 0) is 4.74 Å². The predicted molar refractivity (Wildman–Crippen MR) is 94.4 cm³/mol. The van der Waals surface area contributed by atoms with Crippen LogP contribution >= 0.6 is 0 Å². The molecule has 0 amide bonds. The molecule has 3 aromatic rings. The fourth-order valence-electron chi connectivity index (χ4n) is 3.20. The van der Waals surface area contributed by atoms with Crippen LogP contribution < -0.4 is 0 Å². The van der Waals surface area contributed by atoms with Crippen molar-refractivity contribution in [1.29, 1.82) is 0 Å². The molecule has 0 spiro atoms. The SMILES string of the molecule is Cc1ccc(/C(=C2\OC(=O)c3ccccc32)[N+](=O)[O-])c2ccccc12. The molecular weight excluding hydrogens is 318 g/mol. The Labute approximate surface area is 143 Å². The van der Waals surface area contributed by atoms with Gasteiger partial charge >= 0.3 is 11.7 Å². The summed E-state index contributed by atoms with van der Waals surface area (Å²) in [4.78, 5) is 23.5. The lowest BCUT2D eigenvalue weighted by Crippen LogP contribution is -2.04. The molecule has 25 heavy (non-hydrogen) atoms. The van der Waals surface area contributed by atoms with Crippen LogP contribution in [0.25, 0.3) is 22.2 Å². The van der Waals surface area contributed by atoms with E-state index in [2.05, 4.69) is 0 Å². The van der Waals surface area contributed by atoms with E-state index in [4.69, 9.17) is 4.74 Å². The third kappa shape index (κ3) is 2.29. The van der Waals surface area contributed by atoms with Crippen LogP contribution in [0, 0.1) is 17.0 Å². The van der Waals surface area contributed by atoms with E-state index in [1.54, 1.807) is 30.3 Å². The lowest BCUT2D eigenvalue weighted by atomic mass is 9.96. The number of aryl methyl sites for hydroxylation is 1. The average molecular weight is 331 g/mol. The topological polar surface area (TPSA) is 69.4 Å². The smallest absolute Gasteiger partial charge is 0.344 e. The van der Waals surface area contributed by atoms with Crippen molar-refractivity contribution >= 4 is 28.2 Å². The number of nitro groups is 1. The minimum atomic E-state index is -0.568. The number of carbonyl (C=O) groups excluding carboxylic acids is 1. The maximum absolute atomic E-state index is 12.1. The summed E-state index contributed by atoms with van der Waals surface area (Å²) in [7, 11) is 0. The monoisotopic (exact) mass is 331 g/mol. The number of ether oxygens (including phenoxy) is 1. The van der Waals surface area contributed by atoms with E-state index >= 15 is 0 Å². The highest BCUT2D eigenvalue weighted by Gasteiger charge is 2.35. The first-order valence-electron chi connectivity index (χ1n) is 7.77. The molecule has 5 heteroatoms. The molecular formula is C20H13NO4. The van der Waals surface area contributed by atoms with E-state index in [1.807, 2.05) is 37.3 Å². The van der Waals surface area contributed by atoms with Crippen LogP contribution in [0.4, 0.5) is 0 Å². The number of fused-ring (bicyclic) bond motifs is 2. The second-order valence-corrected chi connectivity index (χ2v) is 5.85. The number of nitrogens with zero attached hydrogens (tertiary/aromatic N) is 1. The molecule has 3 aromatic carbocycles. The van der Waals surface area contributed by atoms with Gasteiger partial charge < -0.3 is 4.74 Å². The highest BCUT2D eigenvalue weighted by atomic mass is 16.6. The van der Waals surface area contributed by atoms with Crippen LogP contribution in [0.2, 0.25) is 0 Å². The summed E-state index contributed by atoms with van der Waals surface area (Å²) in [5.41, 5.74) is 2.05. The first kappa shape index (κ1) is 15.1. The van der Waals surface area contributed by atoms with Gasteiger partial charge in [0.2, 0.25) is 5.76 Å². The maximum Gasteiger partial charge on any atom is 0.344 e. The summed E-state index contributed by atoms with van der Waals surface area (Å²) in [5, 5.41) is 13.6. The van der Waals surface area contributed by atoms with E-state index in [1.165, 1.54) is 0 Å². The van der Waals surface area contributed by atoms with Crippen LogP contribution in [0.1, 0.15) is 27.0 Å². The minimum absolute atomic E-state index is 0.000365. The van der Waals surface area contributed by atoms with Crippen molar-refractivity contribution in [2.24, 2.45) is 0 Å². The summed E-state index contributed by atoms with van der Waals surface area (Å²) in [5.74, 6) is -0.569. The zero-order valence-electron chi connectivity index (χ0n) is 13.4. The lowest BCUT2D eigenvalue weighted by Gasteiger charge is -2.09. The summed E-state index contributed by atoms with van der Waals surface area (Å²) < 4.78 is 5.29. The first-order valence-corrected chi connectivity index (χ1v) is 7.77. The number of hydrogen-bond acceptors (Lipinski definition) is 4. The van der Waals surface area contributed by atoms with Gasteiger partial charge in [0.1, 0.15) is 0 Å². The van der Waals surface area contributed by atoms with Gasteiger partial charge in [0.05, 0.1) is 16.1 Å². The number of carbonyl (C=O) groups is 1. The average Bonchev–Trinajstić information content (AvgIpc) is 2.94. The Hall–Kier alpha value is -3.47. The molecule has 0 aromatic heterocycles. The number of cyclic esters (lactones) is 1. The highest BCUT2D eigenvalue weighted by molar-refractivity contribution is 6.09. The van der Waals surface area contributed by atoms with Gasteiger partial charge in [0.25, 0.3) is 0 Å². The largest absolute Gasteiger partial charge is 0.415 e. The normalized spacial score (nSPS) is 15.0. The Morgan fingerprint density at radius 2 is 1.56 bits per heavy atom. The van der Waals surface area contributed by atoms with Crippen molar-refractivity contribution < 1.29 is 14.5 Å². The van der Waals surface area contributed by atoms with Gasteiger partial charge in [-0.1, -0.05) is 48.5 Å². The molecule has 122 valence electrons. The zero-order chi connectivity index (χ0) is 17.6. The van der Waals surface area contributed by atoms with Gasteiger partial charge in [-0.15, -0.1) is 0 Å². The Bertz CT molecular complexity index is 1080. The van der Waals surface area contributed by atoms with E-state index < -0.39 is 10.9 Å². The summed E-state index contributed by atoms with van der Waals surface area (Å²) in [6, 6.07) is 17.7. The van der Waals surface area contributed by atoms with Crippen molar-refractivity contribution in [3.63, 3.8) is 0 Å². The van der Waals surface area contributed by atoms with Gasteiger partial charge in [-0.05, 0) is 35.4 Å². The number of rotatable bonds is 2. The Morgan fingerprint density at radius 1 is 0.920 bits per heavy atom. The molecule has 4 rings (SSSR count). The van der Waals surface area contributed by atoms with Gasteiger partial charge in [-0.3, -0.25) is 10.1 Å². The summed E-state index contributed by atoms with van der Waals surface area (Å²) >= 11 is 0. The quantitative estimate of drug-likeness (QED) is 0.396.